The molecule has 1 heterocycles. The molecule has 0 aliphatic carbocycles. The first kappa shape index (κ1) is 8.92. The summed E-state index contributed by atoms with van der Waals surface area (Å²) in [7, 11) is 0. The Bertz CT molecular complexity index is 548. The highest BCUT2D eigenvalue weighted by Crippen LogP contribution is 2.27. The molecule has 2 nitrogen and oxygen atoms in total. The molecule has 0 bridgehead atoms. The van der Waals surface area contributed by atoms with Crippen molar-refractivity contribution >= 4 is 27.7 Å². The van der Waals surface area contributed by atoms with E-state index in [0.29, 0.717) is 11.1 Å². The van der Waals surface area contributed by atoms with E-state index in [1.807, 2.05) is 18.4 Å². The molecule has 1 aromatic heterocycles. The van der Waals surface area contributed by atoms with Crippen LogP contribution in [0.3, 0.4) is 0 Å². The molecule has 0 spiro atoms. The molecule has 0 saturated heterocycles. The van der Waals surface area contributed by atoms with Gasteiger partial charge in [-0.05, 0) is 35.4 Å². The lowest BCUT2D eigenvalue weighted by atomic mass is 10.1. The summed E-state index contributed by atoms with van der Waals surface area (Å²) in [6.07, 6.45) is 0.731. The normalized spacial score (nSPS) is 10.0. The third-order valence-electron chi connectivity index (χ3n) is 2.19. The van der Waals surface area contributed by atoms with Crippen LogP contribution in [0.5, 0.6) is 0 Å². The molecule has 0 aliphatic heterocycles. The lowest BCUT2D eigenvalue weighted by molar-refractivity contribution is 0.112. The number of nitriles is 1. The van der Waals surface area contributed by atoms with Crippen molar-refractivity contribution in [3.8, 4) is 6.07 Å². The summed E-state index contributed by atoms with van der Waals surface area (Å²) < 4.78 is 1.06. The van der Waals surface area contributed by atoms with E-state index >= 15 is 0 Å². The van der Waals surface area contributed by atoms with Crippen LogP contribution in [0, 0.1) is 18.3 Å². The second-order valence-corrected chi connectivity index (χ2v) is 4.00. The van der Waals surface area contributed by atoms with Crippen molar-refractivity contribution in [2.45, 2.75) is 6.92 Å². The number of aldehydes is 1. The molecule has 68 valence electrons. The number of hydrogen-bond donors (Lipinski definition) is 0. The minimum Gasteiger partial charge on any atom is -0.298 e. The van der Waals surface area contributed by atoms with E-state index in [1.54, 1.807) is 23.5 Å². The van der Waals surface area contributed by atoms with Crippen LogP contribution in [-0.2, 0) is 0 Å². The van der Waals surface area contributed by atoms with Crippen LogP contribution >= 0.6 is 11.3 Å². The topological polar surface area (TPSA) is 40.9 Å². The minimum atomic E-state index is 0.453. The zero-order chi connectivity index (χ0) is 10.1. The van der Waals surface area contributed by atoms with Gasteiger partial charge in [0, 0.05) is 10.3 Å². The standard InChI is InChI=1S/C11H7NOS/c1-7-6-14-11-3-8(4-12)9(5-13)2-10(7)11/h2-3,5-6H,1H3. The summed E-state index contributed by atoms with van der Waals surface area (Å²) >= 11 is 1.60. The van der Waals surface area contributed by atoms with E-state index in [4.69, 9.17) is 5.26 Å². The lowest BCUT2D eigenvalue weighted by Crippen LogP contribution is -1.86. The first-order valence-corrected chi connectivity index (χ1v) is 5.01. The van der Waals surface area contributed by atoms with Crippen molar-refractivity contribution in [1.82, 2.24) is 0 Å². The molecule has 0 amide bonds. The molecular weight excluding hydrogens is 194 g/mol. The molecule has 0 N–H and O–H groups in total. The van der Waals surface area contributed by atoms with Crippen LogP contribution in [-0.4, -0.2) is 6.29 Å². The predicted octanol–water partition coefficient (Wildman–Crippen LogP) is 2.89. The summed E-state index contributed by atoms with van der Waals surface area (Å²) in [5, 5.41) is 11.9. The Morgan fingerprint density at radius 2 is 2.29 bits per heavy atom. The lowest BCUT2D eigenvalue weighted by Gasteiger charge is -1.96. The molecule has 1 aromatic carbocycles. The van der Waals surface area contributed by atoms with E-state index in [1.165, 1.54) is 0 Å². The van der Waals surface area contributed by atoms with Gasteiger partial charge in [-0.15, -0.1) is 11.3 Å². The van der Waals surface area contributed by atoms with Gasteiger partial charge in [-0.2, -0.15) is 5.26 Å². The largest absolute Gasteiger partial charge is 0.298 e. The maximum absolute atomic E-state index is 10.7. The monoisotopic (exact) mass is 201 g/mol. The third kappa shape index (κ3) is 1.21. The summed E-state index contributed by atoms with van der Waals surface area (Å²) in [4.78, 5) is 10.7. The fourth-order valence-electron chi connectivity index (χ4n) is 1.41. The van der Waals surface area contributed by atoms with E-state index in [-0.39, 0.29) is 0 Å². The maximum Gasteiger partial charge on any atom is 0.151 e. The summed E-state index contributed by atoms with van der Waals surface area (Å²) in [5.41, 5.74) is 2.08. The van der Waals surface area contributed by atoms with Gasteiger partial charge in [0.1, 0.15) is 0 Å². The zero-order valence-electron chi connectivity index (χ0n) is 7.57. The molecular formula is C11H7NOS. The van der Waals surface area contributed by atoms with Crippen LogP contribution in [0.15, 0.2) is 17.5 Å². The Labute approximate surface area is 85.4 Å². The van der Waals surface area contributed by atoms with Crippen molar-refractivity contribution < 1.29 is 4.79 Å². The molecule has 2 rings (SSSR count). The molecule has 0 unspecified atom stereocenters. The molecule has 0 aliphatic rings. The van der Waals surface area contributed by atoms with Crippen molar-refractivity contribution in [2.24, 2.45) is 0 Å². The van der Waals surface area contributed by atoms with Crippen LogP contribution in [0.2, 0.25) is 0 Å². The molecule has 0 radical (unpaired) electrons. The number of benzene rings is 1. The average molecular weight is 201 g/mol. The molecule has 0 saturated carbocycles. The van der Waals surface area contributed by atoms with Crippen molar-refractivity contribution in [1.29, 1.82) is 5.26 Å². The van der Waals surface area contributed by atoms with Crippen LogP contribution < -0.4 is 0 Å². The molecule has 14 heavy (non-hydrogen) atoms. The number of hydrogen-bond acceptors (Lipinski definition) is 3. The number of aryl methyl sites for hydroxylation is 1. The first-order valence-electron chi connectivity index (χ1n) is 4.13. The van der Waals surface area contributed by atoms with Gasteiger partial charge in [-0.3, -0.25) is 4.79 Å². The van der Waals surface area contributed by atoms with Crippen molar-refractivity contribution in [2.75, 3.05) is 0 Å². The Hall–Kier alpha value is -1.66. The van der Waals surface area contributed by atoms with Crippen molar-refractivity contribution in [3.63, 3.8) is 0 Å². The van der Waals surface area contributed by atoms with E-state index < -0.39 is 0 Å². The number of fused-ring (bicyclic) bond motifs is 1. The van der Waals surface area contributed by atoms with Crippen molar-refractivity contribution in [3.05, 3.63) is 34.2 Å². The van der Waals surface area contributed by atoms with Gasteiger partial charge in [-0.25, -0.2) is 0 Å². The van der Waals surface area contributed by atoms with Gasteiger partial charge in [-0.1, -0.05) is 0 Å². The Morgan fingerprint density at radius 3 is 2.93 bits per heavy atom. The van der Waals surface area contributed by atoms with Crippen LogP contribution in [0.25, 0.3) is 10.1 Å². The quantitative estimate of drug-likeness (QED) is 0.665. The smallest absolute Gasteiger partial charge is 0.151 e. The Balaban J connectivity index is 2.86. The summed E-state index contributed by atoms with van der Waals surface area (Å²) in [5.74, 6) is 0. The second-order valence-electron chi connectivity index (χ2n) is 3.08. The van der Waals surface area contributed by atoms with Gasteiger partial charge in [0.2, 0.25) is 0 Å². The molecule has 2 aromatic rings. The van der Waals surface area contributed by atoms with Gasteiger partial charge in [0.15, 0.2) is 6.29 Å². The number of nitrogens with zero attached hydrogens (tertiary/aromatic N) is 1. The SMILES string of the molecule is Cc1csc2cc(C#N)c(C=O)cc12. The van der Waals surface area contributed by atoms with E-state index in [9.17, 15) is 4.79 Å². The van der Waals surface area contributed by atoms with Gasteiger partial charge in [0.25, 0.3) is 0 Å². The second kappa shape index (κ2) is 3.24. The van der Waals surface area contributed by atoms with Gasteiger partial charge >= 0.3 is 0 Å². The zero-order valence-corrected chi connectivity index (χ0v) is 8.39. The first-order chi connectivity index (χ1) is 6.76. The Morgan fingerprint density at radius 1 is 1.50 bits per heavy atom. The van der Waals surface area contributed by atoms with E-state index in [2.05, 4.69) is 0 Å². The number of rotatable bonds is 1. The molecule has 0 atom stereocenters. The number of carbonyl (C=O) groups excluding carboxylic acids is 1. The van der Waals surface area contributed by atoms with Crippen LogP contribution in [0.1, 0.15) is 21.5 Å². The fourth-order valence-corrected chi connectivity index (χ4v) is 2.38. The fraction of sp³-hybridized carbons (Fsp3) is 0.0909. The third-order valence-corrected chi connectivity index (χ3v) is 3.25. The molecule has 3 heteroatoms. The predicted molar refractivity (Wildman–Crippen MR) is 56.7 cm³/mol. The maximum atomic E-state index is 10.7. The van der Waals surface area contributed by atoms with Gasteiger partial charge in [0.05, 0.1) is 11.6 Å². The average Bonchev–Trinajstić information content (AvgIpc) is 2.58. The number of carbonyl (C=O) groups is 1. The summed E-state index contributed by atoms with van der Waals surface area (Å²) in [6.45, 7) is 2.00. The van der Waals surface area contributed by atoms with Gasteiger partial charge < -0.3 is 0 Å². The highest BCUT2D eigenvalue weighted by molar-refractivity contribution is 7.17. The highest BCUT2D eigenvalue weighted by atomic mass is 32.1. The van der Waals surface area contributed by atoms with Crippen LogP contribution in [0.4, 0.5) is 0 Å². The Kier molecular flexibility index (Phi) is 2.06. The number of thiophene rings is 1. The minimum absolute atomic E-state index is 0.453. The summed E-state index contributed by atoms with van der Waals surface area (Å²) in [6, 6.07) is 5.58. The van der Waals surface area contributed by atoms with E-state index in [0.717, 1.165) is 21.9 Å². The molecule has 0 fully saturated rings. The highest BCUT2D eigenvalue weighted by Gasteiger charge is 2.06.